The first-order valence-corrected chi connectivity index (χ1v) is 9.16. The molecule has 2 aromatic carbocycles. The van der Waals surface area contributed by atoms with Crippen LogP contribution >= 0.6 is 0 Å². The third-order valence-corrected chi connectivity index (χ3v) is 4.48. The van der Waals surface area contributed by atoms with Gasteiger partial charge in [-0.15, -0.1) is 0 Å². The van der Waals surface area contributed by atoms with Crippen LogP contribution in [0.25, 0.3) is 0 Å². The van der Waals surface area contributed by atoms with Gasteiger partial charge in [0.05, 0.1) is 16.1 Å². The molecule has 1 aliphatic rings. The number of anilines is 1. The lowest BCUT2D eigenvalue weighted by Gasteiger charge is -2.19. The highest BCUT2D eigenvalue weighted by atomic mass is 16.6. The molecule has 1 fully saturated rings. The van der Waals surface area contributed by atoms with Crippen molar-refractivity contribution in [1.29, 1.82) is 0 Å². The molecule has 3 rings (SSSR count). The summed E-state index contributed by atoms with van der Waals surface area (Å²) in [4.78, 5) is 34.7. The lowest BCUT2D eigenvalue weighted by Crippen LogP contribution is -2.25. The van der Waals surface area contributed by atoms with Gasteiger partial charge in [0.25, 0.3) is 17.3 Å². The quantitative estimate of drug-likeness (QED) is 0.398. The Balaban J connectivity index is 1.60. The standard InChI is InChI=1S/C19H19N5O6/c25-19(13-30-17-6-3-15(4-7-17)23(26)27)21-20-12-14-11-16(24(28)29)5-8-18(14)22-9-1-2-10-22/h3-8,11-12H,1-2,9-10,13H2,(H,21,25). The van der Waals surface area contributed by atoms with E-state index < -0.39 is 15.8 Å². The number of amides is 1. The molecule has 0 atom stereocenters. The molecule has 11 heteroatoms. The minimum atomic E-state index is -0.544. The van der Waals surface area contributed by atoms with Crippen LogP contribution in [0.5, 0.6) is 5.75 Å². The van der Waals surface area contributed by atoms with E-state index in [0.717, 1.165) is 31.6 Å². The van der Waals surface area contributed by atoms with Gasteiger partial charge in [0.2, 0.25) is 0 Å². The molecule has 30 heavy (non-hydrogen) atoms. The zero-order chi connectivity index (χ0) is 21.5. The Morgan fingerprint density at radius 2 is 1.70 bits per heavy atom. The van der Waals surface area contributed by atoms with Crippen LogP contribution in [-0.2, 0) is 4.79 Å². The Bertz CT molecular complexity index is 970. The van der Waals surface area contributed by atoms with E-state index >= 15 is 0 Å². The van der Waals surface area contributed by atoms with Crippen molar-refractivity contribution in [2.24, 2.45) is 5.10 Å². The van der Waals surface area contributed by atoms with Gasteiger partial charge in [0, 0.05) is 48.6 Å². The highest BCUT2D eigenvalue weighted by Gasteiger charge is 2.18. The molecule has 1 saturated heterocycles. The Morgan fingerprint density at radius 3 is 2.33 bits per heavy atom. The monoisotopic (exact) mass is 413 g/mol. The number of hydrogen-bond donors (Lipinski definition) is 1. The molecule has 1 amide bonds. The summed E-state index contributed by atoms with van der Waals surface area (Å²) in [6, 6.07) is 9.87. The molecule has 0 spiro atoms. The first kappa shape index (κ1) is 20.7. The van der Waals surface area contributed by atoms with Gasteiger partial charge in [0.1, 0.15) is 5.75 Å². The number of carbonyl (C=O) groups is 1. The molecule has 0 radical (unpaired) electrons. The maximum Gasteiger partial charge on any atom is 0.277 e. The van der Waals surface area contributed by atoms with Crippen molar-refractivity contribution in [3.05, 3.63) is 68.3 Å². The molecule has 0 aliphatic carbocycles. The molecule has 156 valence electrons. The summed E-state index contributed by atoms with van der Waals surface area (Å²) < 4.78 is 5.25. The van der Waals surface area contributed by atoms with E-state index in [-0.39, 0.29) is 18.0 Å². The molecule has 11 nitrogen and oxygen atoms in total. The van der Waals surface area contributed by atoms with E-state index in [1.807, 2.05) is 0 Å². The average Bonchev–Trinajstić information content (AvgIpc) is 3.27. The molecule has 1 aliphatic heterocycles. The summed E-state index contributed by atoms with van der Waals surface area (Å²) in [7, 11) is 0. The van der Waals surface area contributed by atoms with Crippen molar-refractivity contribution in [2.45, 2.75) is 12.8 Å². The molecule has 1 heterocycles. The second-order valence-corrected chi connectivity index (χ2v) is 6.53. The molecular formula is C19H19N5O6. The van der Waals surface area contributed by atoms with Gasteiger partial charge in [-0.05, 0) is 31.0 Å². The Kier molecular flexibility index (Phi) is 6.53. The van der Waals surface area contributed by atoms with Gasteiger partial charge >= 0.3 is 0 Å². The average molecular weight is 413 g/mol. The minimum Gasteiger partial charge on any atom is -0.484 e. The molecule has 0 aromatic heterocycles. The van der Waals surface area contributed by atoms with Crippen LogP contribution in [0.2, 0.25) is 0 Å². The van der Waals surface area contributed by atoms with Gasteiger partial charge in [0.15, 0.2) is 6.61 Å². The Morgan fingerprint density at radius 1 is 1.07 bits per heavy atom. The van der Waals surface area contributed by atoms with E-state index in [4.69, 9.17) is 4.74 Å². The molecule has 0 unspecified atom stereocenters. The largest absolute Gasteiger partial charge is 0.484 e. The number of nitro groups is 2. The zero-order valence-corrected chi connectivity index (χ0v) is 15.9. The van der Waals surface area contributed by atoms with Crippen LogP contribution in [0.3, 0.4) is 0 Å². The number of nitrogens with one attached hydrogen (secondary N) is 1. The topological polar surface area (TPSA) is 140 Å². The molecule has 1 N–H and O–H groups in total. The fraction of sp³-hybridized carbons (Fsp3) is 0.263. The SMILES string of the molecule is O=C(COc1ccc([N+](=O)[O-])cc1)NN=Cc1cc([N+](=O)[O-])ccc1N1CCCC1. The van der Waals surface area contributed by atoms with Crippen molar-refractivity contribution < 1.29 is 19.4 Å². The second-order valence-electron chi connectivity index (χ2n) is 6.53. The fourth-order valence-electron chi connectivity index (χ4n) is 3.02. The van der Waals surface area contributed by atoms with E-state index in [0.29, 0.717) is 11.3 Å². The smallest absolute Gasteiger partial charge is 0.277 e. The predicted octanol–water partition coefficient (Wildman–Crippen LogP) is 2.63. The molecule has 0 bridgehead atoms. The summed E-state index contributed by atoms with van der Waals surface area (Å²) >= 11 is 0. The number of hydrazone groups is 1. The highest BCUT2D eigenvalue weighted by molar-refractivity contribution is 5.90. The lowest BCUT2D eigenvalue weighted by atomic mass is 10.1. The van der Waals surface area contributed by atoms with Gasteiger partial charge in [-0.25, -0.2) is 5.43 Å². The van der Waals surface area contributed by atoms with Crippen LogP contribution in [-0.4, -0.2) is 41.7 Å². The number of rotatable bonds is 8. The van der Waals surface area contributed by atoms with E-state index in [9.17, 15) is 25.0 Å². The Labute approximate surface area is 171 Å². The highest BCUT2D eigenvalue weighted by Crippen LogP contribution is 2.27. The minimum absolute atomic E-state index is 0.0628. The lowest BCUT2D eigenvalue weighted by molar-refractivity contribution is -0.385. The summed E-state index contributed by atoms with van der Waals surface area (Å²) in [6.45, 7) is 1.37. The van der Waals surface area contributed by atoms with Crippen LogP contribution < -0.4 is 15.1 Å². The van der Waals surface area contributed by atoms with E-state index in [2.05, 4.69) is 15.4 Å². The van der Waals surface area contributed by atoms with Gasteiger partial charge in [-0.2, -0.15) is 5.10 Å². The van der Waals surface area contributed by atoms with Crippen LogP contribution in [0, 0.1) is 20.2 Å². The molecule has 0 saturated carbocycles. The number of ether oxygens (including phenoxy) is 1. The van der Waals surface area contributed by atoms with Crippen LogP contribution in [0.1, 0.15) is 18.4 Å². The normalized spacial score (nSPS) is 13.4. The zero-order valence-electron chi connectivity index (χ0n) is 15.9. The van der Waals surface area contributed by atoms with E-state index in [1.54, 1.807) is 6.07 Å². The van der Waals surface area contributed by atoms with Crippen molar-refractivity contribution >= 4 is 29.2 Å². The van der Waals surface area contributed by atoms with Crippen molar-refractivity contribution in [1.82, 2.24) is 5.43 Å². The summed E-state index contributed by atoms with van der Waals surface area (Å²) in [5.41, 5.74) is 3.51. The van der Waals surface area contributed by atoms with Gasteiger partial charge in [-0.3, -0.25) is 25.0 Å². The summed E-state index contributed by atoms with van der Waals surface area (Å²) in [6.07, 6.45) is 3.46. The summed E-state index contributed by atoms with van der Waals surface area (Å²) in [5, 5.41) is 25.6. The second kappa shape index (κ2) is 9.45. The van der Waals surface area contributed by atoms with Gasteiger partial charge in [-0.1, -0.05) is 0 Å². The number of non-ortho nitro benzene ring substituents is 2. The van der Waals surface area contributed by atoms with E-state index in [1.165, 1.54) is 42.6 Å². The molecule has 2 aromatic rings. The van der Waals surface area contributed by atoms with Crippen LogP contribution in [0.4, 0.5) is 17.1 Å². The maximum absolute atomic E-state index is 11.9. The van der Waals surface area contributed by atoms with Crippen molar-refractivity contribution in [3.63, 3.8) is 0 Å². The predicted molar refractivity (Wildman–Crippen MR) is 109 cm³/mol. The van der Waals surface area contributed by atoms with Crippen molar-refractivity contribution in [2.75, 3.05) is 24.6 Å². The maximum atomic E-state index is 11.9. The first-order chi connectivity index (χ1) is 14.4. The van der Waals surface area contributed by atoms with Crippen molar-refractivity contribution in [3.8, 4) is 5.75 Å². The van der Waals surface area contributed by atoms with Gasteiger partial charge < -0.3 is 9.64 Å². The number of nitro benzene ring substituents is 2. The van der Waals surface area contributed by atoms with Crippen LogP contribution in [0.15, 0.2) is 47.6 Å². The number of benzene rings is 2. The Hall–Kier alpha value is -4.02. The number of carbonyl (C=O) groups excluding carboxylic acids is 1. The third kappa shape index (κ3) is 5.28. The summed E-state index contributed by atoms with van der Waals surface area (Å²) in [5.74, 6) is -0.243. The number of nitrogens with zero attached hydrogens (tertiary/aromatic N) is 4. The third-order valence-electron chi connectivity index (χ3n) is 4.48. The fourth-order valence-corrected chi connectivity index (χ4v) is 3.02. The number of hydrogen-bond acceptors (Lipinski definition) is 8. The first-order valence-electron chi connectivity index (χ1n) is 9.16. The molecular weight excluding hydrogens is 394 g/mol.